The first kappa shape index (κ1) is 16.4. The summed E-state index contributed by atoms with van der Waals surface area (Å²) in [7, 11) is 0. The van der Waals surface area contributed by atoms with Gasteiger partial charge in [0, 0.05) is 17.8 Å². The van der Waals surface area contributed by atoms with Crippen LogP contribution in [0.4, 0.5) is 0 Å². The fourth-order valence-electron chi connectivity index (χ4n) is 2.16. The molecule has 0 radical (unpaired) electrons. The molecule has 118 valence electrons. The Balaban J connectivity index is 1.65. The smallest absolute Gasteiger partial charge is 0.188 e. The van der Waals surface area contributed by atoms with E-state index in [1.165, 1.54) is 16.0 Å². The molecule has 0 aliphatic heterocycles. The number of hydrogen-bond acceptors (Lipinski definition) is 3. The molecule has 22 heavy (non-hydrogen) atoms. The minimum atomic E-state index is 0.473. The largest absolute Gasteiger partial charge is 0.492 e. The van der Waals surface area contributed by atoms with Crippen LogP contribution < -0.4 is 15.8 Å². The highest BCUT2D eigenvalue weighted by Crippen LogP contribution is 2.15. The van der Waals surface area contributed by atoms with Crippen molar-refractivity contribution in [2.45, 2.75) is 20.3 Å². The van der Waals surface area contributed by atoms with Gasteiger partial charge in [-0.05, 0) is 48.6 Å². The second kappa shape index (κ2) is 8.44. The van der Waals surface area contributed by atoms with Crippen LogP contribution >= 0.6 is 11.3 Å². The number of ether oxygens (including phenoxy) is 1. The molecule has 1 heterocycles. The third kappa shape index (κ3) is 5.77. The summed E-state index contributed by atoms with van der Waals surface area (Å²) in [5, 5.41) is 5.14. The van der Waals surface area contributed by atoms with Crippen LogP contribution in [0.5, 0.6) is 5.75 Å². The molecule has 1 aromatic heterocycles. The lowest BCUT2D eigenvalue weighted by Gasteiger charge is -2.09. The van der Waals surface area contributed by atoms with Crippen LogP contribution in [0, 0.1) is 13.8 Å². The maximum Gasteiger partial charge on any atom is 0.188 e. The molecule has 0 saturated heterocycles. The van der Waals surface area contributed by atoms with Crippen molar-refractivity contribution in [1.82, 2.24) is 5.32 Å². The fourth-order valence-corrected chi connectivity index (χ4v) is 2.86. The second-order valence-electron chi connectivity index (χ2n) is 5.19. The van der Waals surface area contributed by atoms with E-state index in [0.29, 0.717) is 25.7 Å². The predicted octanol–water partition coefficient (Wildman–Crippen LogP) is 2.89. The van der Waals surface area contributed by atoms with Crippen molar-refractivity contribution in [1.29, 1.82) is 0 Å². The third-order valence-corrected chi connectivity index (χ3v) is 4.03. The molecule has 4 nitrogen and oxygen atoms in total. The van der Waals surface area contributed by atoms with E-state index in [1.807, 2.05) is 12.1 Å². The van der Waals surface area contributed by atoms with Gasteiger partial charge in [-0.1, -0.05) is 12.1 Å². The van der Waals surface area contributed by atoms with Crippen LogP contribution in [0.1, 0.15) is 16.0 Å². The topological polar surface area (TPSA) is 59.6 Å². The highest BCUT2D eigenvalue weighted by atomic mass is 32.1. The van der Waals surface area contributed by atoms with Gasteiger partial charge in [0.1, 0.15) is 12.4 Å². The normalized spacial score (nSPS) is 11.5. The molecule has 5 heteroatoms. The Kier molecular flexibility index (Phi) is 6.27. The van der Waals surface area contributed by atoms with Gasteiger partial charge < -0.3 is 15.8 Å². The van der Waals surface area contributed by atoms with Crippen LogP contribution in [0.3, 0.4) is 0 Å². The molecule has 0 unspecified atom stereocenters. The zero-order valence-corrected chi connectivity index (χ0v) is 14.0. The van der Waals surface area contributed by atoms with E-state index in [1.54, 1.807) is 11.3 Å². The average molecular weight is 317 g/mol. The summed E-state index contributed by atoms with van der Waals surface area (Å²) < 4.78 is 5.71. The number of nitrogens with one attached hydrogen (secondary N) is 1. The molecule has 1 aromatic carbocycles. The summed E-state index contributed by atoms with van der Waals surface area (Å²) in [4.78, 5) is 5.63. The summed E-state index contributed by atoms with van der Waals surface area (Å²) in [5.41, 5.74) is 8.24. The van der Waals surface area contributed by atoms with E-state index in [4.69, 9.17) is 10.5 Å². The first-order valence-corrected chi connectivity index (χ1v) is 8.29. The van der Waals surface area contributed by atoms with Crippen LogP contribution in [0.2, 0.25) is 0 Å². The molecular weight excluding hydrogens is 294 g/mol. The number of thiophene rings is 1. The molecule has 0 atom stereocenters. The van der Waals surface area contributed by atoms with E-state index in [9.17, 15) is 0 Å². The minimum Gasteiger partial charge on any atom is -0.492 e. The third-order valence-electron chi connectivity index (χ3n) is 3.09. The van der Waals surface area contributed by atoms with Crippen LogP contribution in [0.25, 0.3) is 0 Å². The maximum absolute atomic E-state index is 5.83. The zero-order valence-electron chi connectivity index (χ0n) is 13.1. The Hall–Kier alpha value is -2.01. The average Bonchev–Trinajstić information content (AvgIpc) is 2.96. The van der Waals surface area contributed by atoms with Crippen molar-refractivity contribution in [3.05, 3.63) is 51.7 Å². The second-order valence-corrected chi connectivity index (χ2v) is 6.23. The molecule has 0 bridgehead atoms. The first-order chi connectivity index (χ1) is 10.6. The summed E-state index contributed by atoms with van der Waals surface area (Å²) in [5.74, 6) is 1.37. The molecule has 0 spiro atoms. The number of benzene rings is 1. The lowest BCUT2D eigenvalue weighted by molar-refractivity contribution is 0.322. The maximum atomic E-state index is 5.83. The van der Waals surface area contributed by atoms with E-state index in [2.05, 4.69) is 47.7 Å². The van der Waals surface area contributed by atoms with Crippen molar-refractivity contribution in [2.75, 3.05) is 19.7 Å². The molecule has 0 fully saturated rings. The molecule has 0 saturated carbocycles. The van der Waals surface area contributed by atoms with Crippen molar-refractivity contribution >= 4 is 17.3 Å². The fraction of sp³-hybridized carbons (Fsp3) is 0.353. The van der Waals surface area contributed by atoms with Gasteiger partial charge in [-0.15, -0.1) is 11.3 Å². The molecule has 2 rings (SSSR count). The van der Waals surface area contributed by atoms with Gasteiger partial charge in [0.25, 0.3) is 0 Å². The van der Waals surface area contributed by atoms with Gasteiger partial charge in [0.15, 0.2) is 5.96 Å². The van der Waals surface area contributed by atoms with Gasteiger partial charge in [-0.2, -0.15) is 0 Å². The van der Waals surface area contributed by atoms with E-state index in [0.717, 1.165) is 12.2 Å². The zero-order chi connectivity index (χ0) is 15.8. The molecule has 3 N–H and O–H groups in total. The van der Waals surface area contributed by atoms with Gasteiger partial charge in [-0.25, -0.2) is 0 Å². The Labute approximate surface area is 136 Å². The number of guanidine groups is 1. The van der Waals surface area contributed by atoms with Gasteiger partial charge in [-0.3, -0.25) is 4.99 Å². The van der Waals surface area contributed by atoms with Gasteiger partial charge in [0.05, 0.1) is 6.54 Å². The van der Waals surface area contributed by atoms with Crippen molar-refractivity contribution in [3.63, 3.8) is 0 Å². The Morgan fingerprint density at radius 1 is 1.27 bits per heavy atom. The highest BCUT2D eigenvalue weighted by molar-refractivity contribution is 7.09. The number of nitrogens with two attached hydrogens (primary N) is 1. The predicted molar refractivity (Wildman–Crippen MR) is 93.9 cm³/mol. The standard InChI is InChI=1S/C17H23N3OS/c1-13-10-14(2)12-15(11-13)21-8-7-20-17(18)19-6-5-16-4-3-9-22-16/h3-4,9-12H,5-8H2,1-2H3,(H3,18,19,20). The van der Waals surface area contributed by atoms with Crippen molar-refractivity contribution < 1.29 is 4.74 Å². The van der Waals surface area contributed by atoms with E-state index >= 15 is 0 Å². The number of aliphatic imine (C=N–C) groups is 1. The highest BCUT2D eigenvalue weighted by Gasteiger charge is 1.98. The van der Waals surface area contributed by atoms with Crippen LogP contribution in [0.15, 0.2) is 40.7 Å². The molecule has 2 aromatic rings. The van der Waals surface area contributed by atoms with Crippen LogP contribution in [-0.2, 0) is 6.42 Å². The lowest BCUT2D eigenvalue weighted by Crippen LogP contribution is -2.34. The first-order valence-electron chi connectivity index (χ1n) is 7.41. The summed E-state index contributed by atoms with van der Waals surface area (Å²) in [6, 6.07) is 10.4. The van der Waals surface area contributed by atoms with Crippen molar-refractivity contribution in [3.8, 4) is 5.75 Å². The Bertz CT molecular complexity index is 588. The molecule has 0 aliphatic rings. The number of aryl methyl sites for hydroxylation is 2. The molecule has 0 aliphatic carbocycles. The summed E-state index contributed by atoms with van der Waals surface area (Å²) in [6.45, 7) is 6.04. The Morgan fingerprint density at radius 2 is 2.05 bits per heavy atom. The van der Waals surface area contributed by atoms with Gasteiger partial charge in [0.2, 0.25) is 0 Å². The van der Waals surface area contributed by atoms with Crippen LogP contribution in [-0.4, -0.2) is 25.7 Å². The monoisotopic (exact) mass is 317 g/mol. The number of rotatable bonds is 7. The van der Waals surface area contributed by atoms with Crippen molar-refractivity contribution in [2.24, 2.45) is 10.7 Å². The SMILES string of the molecule is Cc1cc(C)cc(OCCNC(N)=NCCc2cccs2)c1. The lowest BCUT2D eigenvalue weighted by atomic mass is 10.1. The molecule has 0 amide bonds. The quantitative estimate of drug-likeness (QED) is 0.469. The number of nitrogens with zero attached hydrogens (tertiary/aromatic N) is 1. The molecular formula is C17H23N3OS. The summed E-state index contributed by atoms with van der Waals surface area (Å²) in [6.07, 6.45) is 0.930. The van der Waals surface area contributed by atoms with E-state index in [-0.39, 0.29) is 0 Å². The summed E-state index contributed by atoms with van der Waals surface area (Å²) >= 11 is 1.75. The number of hydrogen-bond donors (Lipinski definition) is 2. The Morgan fingerprint density at radius 3 is 2.73 bits per heavy atom. The van der Waals surface area contributed by atoms with E-state index < -0.39 is 0 Å². The minimum absolute atomic E-state index is 0.473. The van der Waals surface area contributed by atoms with Gasteiger partial charge >= 0.3 is 0 Å².